The van der Waals surface area contributed by atoms with Crippen molar-refractivity contribution in [2.24, 2.45) is 5.92 Å². The highest BCUT2D eigenvalue weighted by atomic mass is 15.3. The second-order valence-corrected chi connectivity index (χ2v) is 6.67. The predicted octanol–water partition coefficient (Wildman–Crippen LogP) is 2.44. The van der Waals surface area contributed by atoms with Crippen molar-refractivity contribution in [3.05, 3.63) is 16.8 Å². The third-order valence-corrected chi connectivity index (χ3v) is 5.45. The highest BCUT2D eigenvalue weighted by molar-refractivity contribution is 5.58. The molecule has 0 spiro atoms. The summed E-state index contributed by atoms with van der Waals surface area (Å²) >= 11 is 0. The van der Waals surface area contributed by atoms with Crippen LogP contribution in [0.1, 0.15) is 56.4 Å². The number of rotatable bonds is 4. The number of aryl methyl sites for hydroxylation is 1. The molecule has 2 aliphatic rings. The molecule has 0 amide bonds. The monoisotopic (exact) mass is 313 g/mol. The summed E-state index contributed by atoms with van der Waals surface area (Å²) in [5.74, 6) is 1.58. The molecule has 2 fully saturated rings. The molecular formula is C18H27N5. The number of hydrogen-bond donors (Lipinski definition) is 1. The molecule has 5 heteroatoms. The van der Waals surface area contributed by atoms with Gasteiger partial charge in [-0.25, -0.2) is 0 Å². The smallest absolute Gasteiger partial charge is 0.169 e. The minimum Gasteiger partial charge on any atom is -0.354 e. The van der Waals surface area contributed by atoms with Crippen molar-refractivity contribution in [3.63, 3.8) is 0 Å². The Morgan fingerprint density at radius 3 is 2.52 bits per heavy atom. The van der Waals surface area contributed by atoms with Crippen LogP contribution in [-0.2, 0) is 12.8 Å². The molecule has 0 bridgehead atoms. The second-order valence-electron chi connectivity index (χ2n) is 6.67. The van der Waals surface area contributed by atoms with E-state index in [1.165, 1.54) is 32.2 Å². The number of aromatic nitrogens is 2. The molecule has 1 atom stereocenters. The summed E-state index contributed by atoms with van der Waals surface area (Å²) in [6, 6.07) is 3.10. The molecule has 0 aromatic carbocycles. The van der Waals surface area contributed by atoms with E-state index in [9.17, 15) is 5.26 Å². The number of nitrogens with zero attached hydrogens (tertiary/aromatic N) is 4. The number of nitriles is 1. The van der Waals surface area contributed by atoms with Crippen LogP contribution in [0.4, 0.5) is 5.82 Å². The summed E-state index contributed by atoms with van der Waals surface area (Å²) in [6.07, 6.45) is 6.67. The highest BCUT2D eigenvalue weighted by Gasteiger charge is 2.30. The lowest BCUT2D eigenvalue weighted by molar-refractivity contribution is 0.318. The molecule has 1 unspecified atom stereocenters. The van der Waals surface area contributed by atoms with Crippen LogP contribution in [0.3, 0.4) is 0 Å². The average molecular weight is 313 g/mol. The SMILES string of the molecule is CCc1nnc(N2CCC(C3CCCN3)CC2)c(C#N)c1CC. The molecule has 0 radical (unpaired) electrons. The maximum atomic E-state index is 9.65. The Labute approximate surface area is 139 Å². The summed E-state index contributed by atoms with van der Waals surface area (Å²) in [7, 11) is 0. The molecule has 5 nitrogen and oxygen atoms in total. The maximum Gasteiger partial charge on any atom is 0.169 e. The maximum absolute atomic E-state index is 9.65. The van der Waals surface area contributed by atoms with Crippen molar-refractivity contribution < 1.29 is 0 Å². The fourth-order valence-corrected chi connectivity index (χ4v) is 4.13. The number of piperidine rings is 1. The van der Waals surface area contributed by atoms with Gasteiger partial charge < -0.3 is 10.2 Å². The Morgan fingerprint density at radius 1 is 1.17 bits per heavy atom. The predicted molar refractivity (Wildman–Crippen MR) is 91.5 cm³/mol. The van der Waals surface area contributed by atoms with Crippen molar-refractivity contribution in [3.8, 4) is 6.07 Å². The lowest BCUT2D eigenvalue weighted by Gasteiger charge is -2.35. The Hall–Kier alpha value is -1.67. The van der Waals surface area contributed by atoms with E-state index in [1.54, 1.807) is 0 Å². The summed E-state index contributed by atoms with van der Waals surface area (Å²) in [6.45, 7) is 7.32. The molecule has 3 heterocycles. The molecule has 1 aromatic rings. The number of nitrogens with one attached hydrogen (secondary N) is 1. The van der Waals surface area contributed by atoms with E-state index < -0.39 is 0 Å². The minimum absolute atomic E-state index is 0.701. The second kappa shape index (κ2) is 7.27. The van der Waals surface area contributed by atoms with Gasteiger partial charge in [0, 0.05) is 19.1 Å². The van der Waals surface area contributed by atoms with E-state index in [0.29, 0.717) is 6.04 Å². The van der Waals surface area contributed by atoms with Crippen LogP contribution in [0.15, 0.2) is 0 Å². The fraction of sp³-hybridized carbons (Fsp3) is 0.722. The molecule has 124 valence electrons. The molecule has 1 N–H and O–H groups in total. The summed E-state index contributed by atoms with van der Waals surface area (Å²) in [5, 5.41) is 22.1. The van der Waals surface area contributed by atoms with Gasteiger partial charge >= 0.3 is 0 Å². The fourth-order valence-electron chi connectivity index (χ4n) is 4.13. The Bertz CT molecular complexity index is 578. The zero-order valence-electron chi connectivity index (χ0n) is 14.3. The Kier molecular flexibility index (Phi) is 5.12. The van der Waals surface area contributed by atoms with Crippen LogP contribution in [0.5, 0.6) is 0 Å². The van der Waals surface area contributed by atoms with E-state index in [4.69, 9.17) is 0 Å². The number of hydrogen-bond acceptors (Lipinski definition) is 5. The zero-order chi connectivity index (χ0) is 16.2. The molecule has 2 saturated heterocycles. The van der Waals surface area contributed by atoms with Gasteiger partial charge in [-0.2, -0.15) is 10.4 Å². The first-order chi connectivity index (χ1) is 11.3. The lowest BCUT2D eigenvalue weighted by Crippen LogP contribution is -2.41. The van der Waals surface area contributed by atoms with E-state index in [0.717, 1.165) is 54.5 Å². The highest BCUT2D eigenvalue weighted by Crippen LogP contribution is 2.30. The standard InChI is InChI=1S/C18H27N5/c1-3-14-15(12-19)18(22-21-16(14)4-2)23-10-7-13(8-11-23)17-6-5-9-20-17/h13,17,20H,3-11H2,1-2H3. The first kappa shape index (κ1) is 16.2. The molecule has 2 aliphatic heterocycles. The first-order valence-electron chi connectivity index (χ1n) is 9.05. The van der Waals surface area contributed by atoms with Crippen molar-refractivity contribution in [1.82, 2.24) is 15.5 Å². The van der Waals surface area contributed by atoms with Crippen molar-refractivity contribution in [2.75, 3.05) is 24.5 Å². The average Bonchev–Trinajstić information content (AvgIpc) is 3.15. The Balaban J connectivity index is 1.76. The van der Waals surface area contributed by atoms with Crippen LogP contribution >= 0.6 is 0 Å². The van der Waals surface area contributed by atoms with Gasteiger partial charge in [0.15, 0.2) is 5.82 Å². The van der Waals surface area contributed by atoms with E-state index in [1.807, 2.05) is 0 Å². The molecule has 23 heavy (non-hydrogen) atoms. The van der Waals surface area contributed by atoms with Crippen molar-refractivity contribution >= 4 is 5.82 Å². The summed E-state index contributed by atoms with van der Waals surface area (Å²) < 4.78 is 0. The minimum atomic E-state index is 0.701. The molecule has 1 aromatic heterocycles. The van der Waals surface area contributed by atoms with Crippen molar-refractivity contribution in [1.29, 1.82) is 5.26 Å². The molecule has 0 aliphatic carbocycles. The zero-order valence-corrected chi connectivity index (χ0v) is 14.3. The van der Waals surface area contributed by atoms with Gasteiger partial charge in [-0.1, -0.05) is 13.8 Å². The van der Waals surface area contributed by atoms with Gasteiger partial charge in [-0.15, -0.1) is 5.10 Å². The lowest BCUT2D eigenvalue weighted by atomic mass is 9.88. The van der Waals surface area contributed by atoms with Gasteiger partial charge in [-0.3, -0.25) is 0 Å². The topological polar surface area (TPSA) is 64.8 Å². The number of anilines is 1. The largest absolute Gasteiger partial charge is 0.354 e. The van der Waals surface area contributed by atoms with Gasteiger partial charge in [0.25, 0.3) is 0 Å². The van der Waals surface area contributed by atoms with Crippen LogP contribution in [0, 0.1) is 17.2 Å². The summed E-state index contributed by atoms with van der Waals surface area (Å²) in [4.78, 5) is 2.27. The van der Waals surface area contributed by atoms with Gasteiger partial charge in [0.1, 0.15) is 11.6 Å². The van der Waals surface area contributed by atoms with Crippen LogP contribution in [-0.4, -0.2) is 35.9 Å². The van der Waals surface area contributed by atoms with E-state index >= 15 is 0 Å². The van der Waals surface area contributed by atoms with Crippen LogP contribution in [0.2, 0.25) is 0 Å². The third kappa shape index (κ3) is 3.18. The van der Waals surface area contributed by atoms with Crippen LogP contribution in [0.25, 0.3) is 0 Å². The summed E-state index contributed by atoms with van der Waals surface area (Å²) in [5.41, 5.74) is 2.80. The molecular weight excluding hydrogens is 286 g/mol. The first-order valence-corrected chi connectivity index (χ1v) is 9.05. The molecule has 3 rings (SSSR count). The van der Waals surface area contributed by atoms with Gasteiger partial charge in [-0.05, 0) is 56.6 Å². The van der Waals surface area contributed by atoms with E-state index in [-0.39, 0.29) is 0 Å². The van der Waals surface area contributed by atoms with Gasteiger partial charge in [0.2, 0.25) is 0 Å². The Morgan fingerprint density at radius 2 is 1.96 bits per heavy atom. The molecule has 0 saturated carbocycles. The normalized spacial score (nSPS) is 22.3. The van der Waals surface area contributed by atoms with Gasteiger partial charge in [0.05, 0.1) is 5.69 Å². The van der Waals surface area contributed by atoms with Crippen LogP contribution < -0.4 is 10.2 Å². The van der Waals surface area contributed by atoms with Crippen molar-refractivity contribution in [2.45, 2.75) is 58.4 Å². The third-order valence-electron chi connectivity index (χ3n) is 5.45. The quantitative estimate of drug-likeness (QED) is 0.925. The van der Waals surface area contributed by atoms with E-state index in [2.05, 4.69) is 40.3 Å².